The molecular weight excluding hydrogens is 291 g/mol. The summed E-state index contributed by atoms with van der Waals surface area (Å²) < 4.78 is 4.84. The van der Waals surface area contributed by atoms with Crippen LogP contribution in [-0.2, 0) is 0 Å². The van der Waals surface area contributed by atoms with Crippen molar-refractivity contribution in [3.8, 4) is 28.7 Å². The molecule has 1 aromatic rings. The van der Waals surface area contributed by atoms with E-state index in [1.807, 2.05) is 0 Å². The van der Waals surface area contributed by atoms with E-state index in [9.17, 15) is 10.2 Å². The van der Waals surface area contributed by atoms with E-state index in [2.05, 4.69) is 0 Å². The Balaban J connectivity index is 3.56. The van der Waals surface area contributed by atoms with Gasteiger partial charge in [0.1, 0.15) is 3.57 Å². The lowest BCUT2D eigenvalue weighted by atomic mass is 10.2. The number of halogens is 1. The van der Waals surface area contributed by atoms with Crippen LogP contribution < -0.4 is 4.74 Å². The van der Waals surface area contributed by atoms with Gasteiger partial charge in [0, 0.05) is 0 Å². The molecule has 72 valence electrons. The Morgan fingerprint density at radius 2 is 1.38 bits per heavy atom. The predicted octanol–water partition coefficient (Wildman–Crippen LogP) is 1.12. The largest absolute Gasteiger partial charge is 0.503 e. The summed E-state index contributed by atoms with van der Waals surface area (Å²) in [5, 5.41) is 36.6. The molecule has 0 bridgehead atoms. The molecule has 0 heterocycles. The maximum atomic E-state index is 9.23. The highest BCUT2D eigenvalue weighted by atomic mass is 127. The first-order valence-electron chi connectivity index (χ1n) is 3.20. The molecule has 1 rings (SSSR count). The molecule has 5 nitrogen and oxygen atoms in total. The molecule has 0 aliphatic heterocycles. The molecule has 0 amide bonds. The van der Waals surface area contributed by atoms with Crippen molar-refractivity contribution in [2.75, 3.05) is 7.11 Å². The summed E-state index contributed by atoms with van der Waals surface area (Å²) >= 11 is 1.67. The molecule has 0 fully saturated rings. The van der Waals surface area contributed by atoms with Gasteiger partial charge >= 0.3 is 0 Å². The molecule has 0 aliphatic carbocycles. The normalized spacial score (nSPS) is 10.0. The zero-order chi connectivity index (χ0) is 10.2. The number of ether oxygens (including phenoxy) is 1. The molecule has 1 aromatic carbocycles. The minimum Gasteiger partial charge on any atom is -0.503 e. The van der Waals surface area contributed by atoms with Crippen molar-refractivity contribution in [2.45, 2.75) is 0 Å². The van der Waals surface area contributed by atoms with E-state index < -0.39 is 23.0 Å². The molecule has 6 heteroatoms. The van der Waals surface area contributed by atoms with Crippen molar-refractivity contribution >= 4 is 22.6 Å². The molecule has 0 aliphatic rings. The summed E-state index contributed by atoms with van der Waals surface area (Å²) in [4.78, 5) is 0. The van der Waals surface area contributed by atoms with Crippen molar-refractivity contribution in [1.29, 1.82) is 0 Å². The topological polar surface area (TPSA) is 90.2 Å². The Labute approximate surface area is 87.3 Å². The van der Waals surface area contributed by atoms with Crippen LogP contribution in [0, 0.1) is 3.57 Å². The quantitative estimate of drug-likeness (QED) is 0.354. The van der Waals surface area contributed by atoms with Gasteiger partial charge in [-0.15, -0.1) is 0 Å². The summed E-state index contributed by atoms with van der Waals surface area (Å²) in [6, 6.07) is 0. The van der Waals surface area contributed by atoms with Crippen LogP contribution >= 0.6 is 22.6 Å². The van der Waals surface area contributed by atoms with Gasteiger partial charge in [0.05, 0.1) is 7.11 Å². The fourth-order valence-corrected chi connectivity index (χ4v) is 1.56. The van der Waals surface area contributed by atoms with Crippen LogP contribution in [0.4, 0.5) is 0 Å². The number of hydrogen-bond donors (Lipinski definition) is 4. The lowest BCUT2D eigenvalue weighted by Gasteiger charge is -2.10. The van der Waals surface area contributed by atoms with E-state index in [-0.39, 0.29) is 9.32 Å². The SMILES string of the molecule is COc1c(O)c(O)c(O)c(O)c1I. The molecule has 13 heavy (non-hydrogen) atoms. The monoisotopic (exact) mass is 298 g/mol. The molecule has 0 radical (unpaired) electrons. The number of phenols is 4. The molecular formula is C7H7IO5. The highest BCUT2D eigenvalue weighted by Gasteiger charge is 2.22. The Morgan fingerprint density at radius 1 is 0.923 bits per heavy atom. The maximum absolute atomic E-state index is 9.23. The Kier molecular flexibility index (Phi) is 2.60. The van der Waals surface area contributed by atoms with Crippen molar-refractivity contribution < 1.29 is 25.2 Å². The Hall–Kier alpha value is -1.05. The average molecular weight is 298 g/mol. The summed E-state index contributed by atoms with van der Waals surface area (Å²) in [6.45, 7) is 0. The van der Waals surface area contributed by atoms with Crippen LogP contribution in [0.15, 0.2) is 0 Å². The highest BCUT2D eigenvalue weighted by Crippen LogP contribution is 2.51. The second-order valence-corrected chi connectivity index (χ2v) is 3.32. The van der Waals surface area contributed by atoms with Crippen molar-refractivity contribution in [3.63, 3.8) is 0 Å². The van der Waals surface area contributed by atoms with E-state index >= 15 is 0 Å². The Morgan fingerprint density at radius 3 is 1.85 bits per heavy atom. The number of phenolic OH excluding ortho intramolecular Hbond substituents is 4. The predicted molar refractivity (Wildman–Crippen MR) is 52.4 cm³/mol. The van der Waals surface area contributed by atoms with Gasteiger partial charge in [0.25, 0.3) is 0 Å². The Bertz CT molecular complexity index is 320. The molecule has 0 spiro atoms. The number of benzene rings is 1. The molecule has 0 saturated heterocycles. The smallest absolute Gasteiger partial charge is 0.208 e. The maximum Gasteiger partial charge on any atom is 0.208 e. The summed E-state index contributed by atoms with van der Waals surface area (Å²) in [7, 11) is 1.27. The third-order valence-corrected chi connectivity index (χ3v) is 2.50. The number of methoxy groups -OCH3 is 1. The van der Waals surface area contributed by atoms with E-state index in [0.717, 1.165) is 0 Å². The lowest BCUT2D eigenvalue weighted by molar-refractivity contribution is 0.318. The van der Waals surface area contributed by atoms with Gasteiger partial charge in [-0.3, -0.25) is 0 Å². The molecule has 0 saturated carbocycles. The first-order chi connectivity index (χ1) is 6.00. The summed E-state index contributed by atoms with van der Waals surface area (Å²) in [6.07, 6.45) is 0. The molecule has 4 N–H and O–H groups in total. The zero-order valence-corrected chi connectivity index (χ0v) is 8.73. The second-order valence-electron chi connectivity index (χ2n) is 2.24. The van der Waals surface area contributed by atoms with E-state index in [4.69, 9.17) is 14.9 Å². The van der Waals surface area contributed by atoms with Crippen LogP contribution in [-0.4, -0.2) is 27.5 Å². The van der Waals surface area contributed by atoms with Gasteiger partial charge in [-0.25, -0.2) is 0 Å². The van der Waals surface area contributed by atoms with Gasteiger partial charge in [0.15, 0.2) is 11.5 Å². The molecule has 0 atom stereocenters. The van der Waals surface area contributed by atoms with Crippen LogP contribution in [0.1, 0.15) is 0 Å². The van der Waals surface area contributed by atoms with E-state index in [1.165, 1.54) is 7.11 Å². The van der Waals surface area contributed by atoms with Crippen LogP contribution in [0.5, 0.6) is 28.7 Å². The van der Waals surface area contributed by atoms with Crippen molar-refractivity contribution in [2.24, 2.45) is 0 Å². The van der Waals surface area contributed by atoms with E-state index in [0.29, 0.717) is 0 Å². The van der Waals surface area contributed by atoms with Gasteiger partial charge in [0.2, 0.25) is 17.2 Å². The fourth-order valence-electron chi connectivity index (χ4n) is 0.834. The second kappa shape index (κ2) is 3.36. The first-order valence-corrected chi connectivity index (χ1v) is 4.27. The van der Waals surface area contributed by atoms with Crippen LogP contribution in [0.3, 0.4) is 0 Å². The number of hydrogen-bond acceptors (Lipinski definition) is 5. The van der Waals surface area contributed by atoms with Crippen molar-refractivity contribution in [3.05, 3.63) is 3.57 Å². The minimum absolute atomic E-state index is 0.0756. The minimum atomic E-state index is -0.797. The van der Waals surface area contributed by atoms with Gasteiger partial charge in [-0.2, -0.15) is 0 Å². The molecule has 0 aromatic heterocycles. The highest BCUT2D eigenvalue weighted by molar-refractivity contribution is 14.1. The average Bonchev–Trinajstić information content (AvgIpc) is 2.13. The van der Waals surface area contributed by atoms with Gasteiger partial charge in [-0.1, -0.05) is 0 Å². The van der Waals surface area contributed by atoms with Crippen molar-refractivity contribution in [1.82, 2.24) is 0 Å². The molecule has 0 unspecified atom stereocenters. The fraction of sp³-hybridized carbons (Fsp3) is 0.143. The van der Waals surface area contributed by atoms with Crippen LogP contribution in [0.2, 0.25) is 0 Å². The van der Waals surface area contributed by atoms with Gasteiger partial charge in [-0.05, 0) is 22.6 Å². The lowest BCUT2D eigenvalue weighted by Crippen LogP contribution is -1.89. The number of rotatable bonds is 1. The summed E-state index contributed by atoms with van der Waals surface area (Å²) in [5.74, 6) is -2.75. The van der Waals surface area contributed by atoms with Crippen LogP contribution in [0.25, 0.3) is 0 Å². The number of aromatic hydroxyl groups is 4. The standard InChI is InChI=1S/C7H7IO5/c1-13-7-2(8)3(9)4(10)5(11)6(7)12/h9-12H,1H3. The zero-order valence-electron chi connectivity index (χ0n) is 6.58. The third kappa shape index (κ3) is 1.41. The van der Waals surface area contributed by atoms with Gasteiger partial charge < -0.3 is 25.2 Å². The van der Waals surface area contributed by atoms with E-state index in [1.54, 1.807) is 22.6 Å². The third-order valence-electron chi connectivity index (χ3n) is 1.50. The first kappa shape index (κ1) is 10.0. The summed E-state index contributed by atoms with van der Waals surface area (Å²) in [5.41, 5.74) is 0.